The average Bonchev–Trinajstić information content (AvgIpc) is 2.73. The van der Waals surface area contributed by atoms with Gasteiger partial charge in [-0.3, -0.25) is 4.79 Å². The fraction of sp³-hybridized carbons (Fsp3) is 0.280. The lowest BCUT2D eigenvalue weighted by atomic mass is 9.81. The molecule has 0 heterocycles. The number of hydrogen-bond donors (Lipinski definition) is 1. The van der Waals surface area contributed by atoms with Crippen LogP contribution in [0.2, 0.25) is 0 Å². The fourth-order valence-electron chi connectivity index (χ4n) is 3.40. The number of ether oxygens (including phenoxy) is 1. The number of benzene rings is 3. The minimum atomic E-state index is -0.754. The summed E-state index contributed by atoms with van der Waals surface area (Å²) < 4.78 is 5.17. The maximum absolute atomic E-state index is 12.2. The predicted octanol–water partition coefficient (Wildman–Crippen LogP) is 4.84. The molecule has 4 nitrogen and oxygen atoms in total. The predicted molar refractivity (Wildman–Crippen MR) is 116 cm³/mol. The van der Waals surface area contributed by atoms with Crippen LogP contribution in [0.15, 0.2) is 60.7 Å². The first-order valence-electron chi connectivity index (χ1n) is 9.81. The molecule has 0 fully saturated rings. The molecule has 1 unspecified atom stereocenters. The Bertz CT molecular complexity index is 1080. The molecule has 0 aliphatic heterocycles. The van der Waals surface area contributed by atoms with Crippen molar-refractivity contribution in [2.24, 2.45) is 11.1 Å². The Kier molecular flexibility index (Phi) is 6.00. The van der Waals surface area contributed by atoms with Crippen LogP contribution in [-0.4, -0.2) is 18.6 Å². The van der Waals surface area contributed by atoms with Gasteiger partial charge in [0.05, 0.1) is 23.7 Å². The standard InChI is InChI=1S/C25H26N2O2/c1-4-29-24(28)25(2,3)23(27)14-17-9-10-19-15-20(12-11-18(19)13-17)22-8-6-5-7-21(22)16-26/h5-13,15,23H,4,14,27H2,1-3H3. The normalized spacial score (nSPS) is 12.4. The van der Waals surface area contributed by atoms with Gasteiger partial charge in [-0.2, -0.15) is 5.26 Å². The van der Waals surface area contributed by atoms with Gasteiger partial charge in [-0.1, -0.05) is 48.5 Å². The highest BCUT2D eigenvalue weighted by molar-refractivity contribution is 5.88. The number of nitriles is 1. The molecule has 0 amide bonds. The molecule has 4 heteroatoms. The number of carbonyl (C=O) groups is 1. The minimum Gasteiger partial charge on any atom is -0.466 e. The van der Waals surface area contributed by atoms with E-state index in [1.165, 1.54) is 0 Å². The summed E-state index contributed by atoms with van der Waals surface area (Å²) in [4.78, 5) is 12.2. The number of fused-ring (bicyclic) bond motifs is 1. The van der Waals surface area contributed by atoms with Crippen molar-refractivity contribution in [2.75, 3.05) is 6.61 Å². The van der Waals surface area contributed by atoms with Crippen molar-refractivity contribution >= 4 is 16.7 Å². The van der Waals surface area contributed by atoms with Crippen LogP contribution in [-0.2, 0) is 16.0 Å². The van der Waals surface area contributed by atoms with Gasteiger partial charge in [0.1, 0.15) is 0 Å². The number of nitrogens with two attached hydrogens (primary N) is 1. The maximum Gasteiger partial charge on any atom is 0.313 e. The quantitative estimate of drug-likeness (QED) is 0.615. The molecular weight excluding hydrogens is 360 g/mol. The van der Waals surface area contributed by atoms with Gasteiger partial charge in [0, 0.05) is 6.04 Å². The molecule has 0 aliphatic rings. The molecule has 0 saturated carbocycles. The number of carbonyl (C=O) groups excluding carboxylic acids is 1. The van der Waals surface area contributed by atoms with Gasteiger partial charge in [-0.15, -0.1) is 0 Å². The zero-order chi connectivity index (χ0) is 21.0. The van der Waals surface area contributed by atoms with Crippen molar-refractivity contribution in [1.29, 1.82) is 5.26 Å². The van der Waals surface area contributed by atoms with Crippen LogP contribution in [0, 0.1) is 16.7 Å². The summed E-state index contributed by atoms with van der Waals surface area (Å²) in [6.45, 7) is 5.81. The Balaban J connectivity index is 1.86. The first-order valence-corrected chi connectivity index (χ1v) is 9.81. The lowest BCUT2D eigenvalue weighted by Crippen LogP contribution is -2.45. The van der Waals surface area contributed by atoms with E-state index >= 15 is 0 Å². The van der Waals surface area contributed by atoms with Crippen LogP contribution < -0.4 is 5.73 Å². The topological polar surface area (TPSA) is 76.1 Å². The third-order valence-corrected chi connectivity index (χ3v) is 5.45. The van der Waals surface area contributed by atoms with Gasteiger partial charge in [-0.05, 0) is 66.8 Å². The van der Waals surface area contributed by atoms with E-state index in [-0.39, 0.29) is 12.0 Å². The first kappa shape index (κ1) is 20.6. The van der Waals surface area contributed by atoms with Crippen molar-refractivity contribution in [3.05, 3.63) is 71.8 Å². The zero-order valence-corrected chi connectivity index (χ0v) is 17.1. The molecule has 29 heavy (non-hydrogen) atoms. The molecule has 3 aromatic carbocycles. The van der Waals surface area contributed by atoms with E-state index in [1.807, 2.05) is 50.2 Å². The molecule has 1 atom stereocenters. The fourth-order valence-corrected chi connectivity index (χ4v) is 3.40. The van der Waals surface area contributed by atoms with Gasteiger partial charge >= 0.3 is 5.97 Å². The van der Waals surface area contributed by atoms with E-state index < -0.39 is 5.41 Å². The summed E-state index contributed by atoms with van der Waals surface area (Å²) in [7, 11) is 0. The second kappa shape index (κ2) is 8.46. The molecule has 0 aromatic heterocycles. The van der Waals surface area contributed by atoms with Crippen molar-refractivity contribution in [3.63, 3.8) is 0 Å². The molecule has 0 aliphatic carbocycles. The van der Waals surface area contributed by atoms with Crippen molar-refractivity contribution in [3.8, 4) is 17.2 Å². The van der Waals surface area contributed by atoms with E-state index in [9.17, 15) is 10.1 Å². The van der Waals surface area contributed by atoms with E-state index in [2.05, 4.69) is 30.3 Å². The smallest absolute Gasteiger partial charge is 0.313 e. The lowest BCUT2D eigenvalue weighted by molar-refractivity contribution is -0.154. The molecule has 0 saturated heterocycles. The molecule has 3 rings (SSSR count). The third-order valence-electron chi connectivity index (χ3n) is 5.45. The molecule has 0 spiro atoms. The van der Waals surface area contributed by atoms with Crippen LogP contribution in [0.1, 0.15) is 31.9 Å². The second-order valence-electron chi connectivity index (χ2n) is 7.81. The Hall–Kier alpha value is -3.16. The average molecular weight is 386 g/mol. The van der Waals surface area contributed by atoms with Gasteiger partial charge in [0.25, 0.3) is 0 Å². The van der Waals surface area contributed by atoms with Crippen LogP contribution in [0.3, 0.4) is 0 Å². The molecule has 2 N–H and O–H groups in total. The van der Waals surface area contributed by atoms with Crippen LogP contribution in [0.5, 0.6) is 0 Å². The lowest BCUT2D eigenvalue weighted by Gasteiger charge is -2.29. The number of hydrogen-bond acceptors (Lipinski definition) is 4. The van der Waals surface area contributed by atoms with Crippen molar-refractivity contribution < 1.29 is 9.53 Å². The van der Waals surface area contributed by atoms with Crippen LogP contribution in [0.4, 0.5) is 0 Å². The van der Waals surface area contributed by atoms with Crippen LogP contribution >= 0.6 is 0 Å². The van der Waals surface area contributed by atoms with E-state index in [0.29, 0.717) is 18.6 Å². The molecule has 148 valence electrons. The second-order valence-corrected chi connectivity index (χ2v) is 7.81. The SMILES string of the molecule is CCOC(=O)C(C)(C)C(N)Cc1ccc2cc(-c3ccccc3C#N)ccc2c1. The maximum atomic E-state index is 12.2. The van der Waals surface area contributed by atoms with Crippen LogP contribution in [0.25, 0.3) is 21.9 Å². The van der Waals surface area contributed by atoms with Gasteiger partial charge < -0.3 is 10.5 Å². The van der Waals surface area contributed by atoms with Gasteiger partial charge in [-0.25, -0.2) is 0 Å². The van der Waals surface area contributed by atoms with Crippen molar-refractivity contribution in [1.82, 2.24) is 0 Å². The summed E-state index contributed by atoms with van der Waals surface area (Å²) in [5.74, 6) is -0.269. The summed E-state index contributed by atoms with van der Waals surface area (Å²) >= 11 is 0. The highest BCUT2D eigenvalue weighted by Crippen LogP contribution is 2.29. The summed E-state index contributed by atoms with van der Waals surface area (Å²) in [5.41, 5.74) is 9.29. The number of nitrogens with zero attached hydrogens (tertiary/aromatic N) is 1. The number of rotatable bonds is 6. The molecule has 0 bridgehead atoms. The summed E-state index contributed by atoms with van der Waals surface area (Å²) in [6.07, 6.45) is 0.584. The van der Waals surface area contributed by atoms with Gasteiger partial charge in [0.15, 0.2) is 0 Å². The minimum absolute atomic E-state index is 0.269. The largest absolute Gasteiger partial charge is 0.466 e. The molecule has 0 radical (unpaired) electrons. The van der Waals surface area contributed by atoms with E-state index in [1.54, 1.807) is 6.92 Å². The summed E-state index contributed by atoms with van der Waals surface area (Å²) in [5, 5.41) is 11.6. The van der Waals surface area contributed by atoms with Gasteiger partial charge in [0.2, 0.25) is 0 Å². The monoisotopic (exact) mass is 386 g/mol. The van der Waals surface area contributed by atoms with Crippen molar-refractivity contribution in [2.45, 2.75) is 33.2 Å². The third kappa shape index (κ3) is 4.31. The Labute approximate surface area is 171 Å². The molecule has 3 aromatic rings. The highest BCUT2D eigenvalue weighted by atomic mass is 16.5. The Morgan fingerprint density at radius 2 is 1.79 bits per heavy atom. The summed E-state index contributed by atoms with van der Waals surface area (Å²) in [6, 6.07) is 21.9. The number of esters is 1. The Morgan fingerprint density at radius 1 is 1.10 bits per heavy atom. The molecular formula is C25H26N2O2. The van der Waals surface area contributed by atoms with E-state index in [4.69, 9.17) is 10.5 Å². The zero-order valence-electron chi connectivity index (χ0n) is 17.1. The Morgan fingerprint density at radius 3 is 2.52 bits per heavy atom. The highest BCUT2D eigenvalue weighted by Gasteiger charge is 2.35. The first-order chi connectivity index (χ1) is 13.9. The van der Waals surface area contributed by atoms with E-state index in [0.717, 1.165) is 27.5 Å².